The van der Waals surface area contributed by atoms with Gasteiger partial charge in [0.15, 0.2) is 0 Å². The van der Waals surface area contributed by atoms with Crippen LogP contribution in [0.3, 0.4) is 0 Å². The standard InChI is InChI=1S/C23H35N5O5/c1-27(12-4-3-7-18-9-8-16-6-5-11-24-20(16)25-18)13-10-19(22(30)33-2)26-21(29)17-14-28(15-17)23(31)32/h8-9,17,19H,3-7,10-15H2,1-2H3,(H,24,25)(H,26,29)(H,31,32)/t19-/m0/s1. The summed E-state index contributed by atoms with van der Waals surface area (Å²) in [6, 6.07) is 3.56. The van der Waals surface area contributed by atoms with Crippen LogP contribution >= 0.6 is 0 Å². The number of hydrogen-bond acceptors (Lipinski definition) is 7. The van der Waals surface area contributed by atoms with Crippen LogP contribution in [0.5, 0.6) is 0 Å². The zero-order valence-electron chi connectivity index (χ0n) is 19.5. The fourth-order valence-electron chi connectivity index (χ4n) is 4.14. The molecule has 2 aliphatic heterocycles. The van der Waals surface area contributed by atoms with Crippen molar-refractivity contribution in [3.05, 3.63) is 23.4 Å². The van der Waals surface area contributed by atoms with E-state index in [2.05, 4.69) is 27.7 Å². The average Bonchev–Trinajstić information content (AvgIpc) is 2.77. The molecule has 3 rings (SSSR count). The van der Waals surface area contributed by atoms with Crippen molar-refractivity contribution in [1.82, 2.24) is 20.1 Å². The Balaban J connectivity index is 1.35. The molecule has 3 N–H and O–H groups in total. The lowest BCUT2D eigenvalue weighted by Crippen LogP contribution is -2.57. The number of hydrogen-bond donors (Lipinski definition) is 3. The van der Waals surface area contributed by atoms with Gasteiger partial charge in [0.05, 0.1) is 13.0 Å². The number of aryl methyl sites for hydroxylation is 2. The molecule has 0 unspecified atom stereocenters. The van der Waals surface area contributed by atoms with Crippen LogP contribution in [0, 0.1) is 5.92 Å². The topological polar surface area (TPSA) is 124 Å². The molecule has 2 amide bonds. The molecule has 1 fully saturated rings. The van der Waals surface area contributed by atoms with Gasteiger partial charge in [0.1, 0.15) is 11.9 Å². The summed E-state index contributed by atoms with van der Waals surface area (Å²) in [4.78, 5) is 43.3. The van der Waals surface area contributed by atoms with Crippen molar-refractivity contribution in [2.45, 2.75) is 44.6 Å². The molecule has 10 nitrogen and oxygen atoms in total. The summed E-state index contributed by atoms with van der Waals surface area (Å²) in [5.74, 6) is -0.182. The Morgan fingerprint density at radius 1 is 1.30 bits per heavy atom. The zero-order chi connectivity index (χ0) is 23.8. The van der Waals surface area contributed by atoms with Gasteiger partial charge in [-0.15, -0.1) is 0 Å². The Hall–Kier alpha value is -2.88. The van der Waals surface area contributed by atoms with Crippen LogP contribution in [0.1, 0.15) is 36.9 Å². The van der Waals surface area contributed by atoms with E-state index in [0.717, 1.165) is 56.7 Å². The van der Waals surface area contributed by atoms with Gasteiger partial charge in [0.2, 0.25) is 5.91 Å². The number of carbonyl (C=O) groups excluding carboxylic acids is 2. The number of carbonyl (C=O) groups is 3. The van der Waals surface area contributed by atoms with Crippen molar-refractivity contribution in [1.29, 1.82) is 0 Å². The molecular formula is C23H35N5O5. The largest absolute Gasteiger partial charge is 0.467 e. The third-order valence-electron chi connectivity index (χ3n) is 6.30. The number of ether oxygens (including phenoxy) is 1. The van der Waals surface area contributed by atoms with Gasteiger partial charge in [-0.2, -0.15) is 0 Å². The van der Waals surface area contributed by atoms with Crippen LogP contribution in [-0.4, -0.2) is 90.8 Å². The molecule has 1 aromatic rings. The highest BCUT2D eigenvalue weighted by molar-refractivity contribution is 5.87. The molecule has 1 saturated heterocycles. The number of carboxylic acid groups (broad SMARTS) is 1. The number of esters is 1. The first-order valence-corrected chi connectivity index (χ1v) is 11.6. The number of unbranched alkanes of at least 4 members (excludes halogenated alkanes) is 1. The van der Waals surface area contributed by atoms with Crippen molar-refractivity contribution in [3.63, 3.8) is 0 Å². The third kappa shape index (κ3) is 7.05. The van der Waals surface area contributed by atoms with Crippen LogP contribution in [0.4, 0.5) is 10.6 Å². The molecule has 2 aliphatic rings. The van der Waals surface area contributed by atoms with Gasteiger partial charge in [0.25, 0.3) is 0 Å². The van der Waals surface area contributed by atoms with E-state index in [0.29, 0.717) is 13.0 Å². The molecule has 3 heterocycles. The highest BCUT2D eigenvalue weighted by Crippen LogP contribution is 2.20. The molecule has 0 radical (unpaired) electrons. The fraction of sp³-hybridized carbons (Fsp3) is 0.652. The second kappa shape index (κ2) is 11.8. The van der Waals surface area contributed by atoms with Gasteiger partial charge in [-0.3, -0.25) is 4.79 Å². The van der Waals surface area contributed by atoms with E-state index in [-0.39, 0.29) is 19.0 Å². The number of rotatable bonds is 11. The Labute approximate surface area is 194 Å². The maximum Gasteiger partial charge on any atom is 0.407 e. The van der Waals surface area contributed by atoms with Crippen LogP contribution in [0.15, 0.2) is 12.1 Å². The molecule has 0 saturated carbocycles. The fourth-order valence-corrected chi connectivity index (χ4v) is 4.14. The molecular weight excluding hydrogens is 426 g/mol. The van der Waals surface area contributed by atoms with E-state index in [4.69, 9.17) is 14.8 Å². The summed E-state index contributed by atoms with van der Waals surface area (Å²) in [5, 5.41) is 15.0. The summed E-state index contributed by atoms with van der Waals surface area (Å²) in [6.07, 6.45) is 4.60. The van der Waals surface area contributed by atoms with Crippen molar-refractivity contribution in [2.75, 3.05) is 52.2 Å². The van der Waals surface area contributed by atoms with Gasteiger partial charge < -0.3 is 30.3 Å². The lowest BCUT2D eigenvalue weighted by atomic mass is 9.99. The van der Waals surface area contributed by atoms with Gasteiger partial charge in [0, 0.05) is 31.9 Å². The number of aromatic nitrogens is 1. The van der Waals surface area contributed by atoms with Crippen LogP contribution in [0.2, 0.25) is 0 Å². The van der Waals surface area contributed by atoms with Crippen LogP contribution < -0.4 is 10.6 Å². The summed E-state index contributed by atoms with van der Waals surface area (Å²) in [7, 11) is 3.29. The van der Waals surface area contributed by atoms with E-state index < -0.39 is 24.0 Å². The van der Waals surface area contributed by atoms with E-state index in [1.807, 2.05) is 7.05 Å². The van der Waals surface area contributed by atoms with Crippen LogP contribution in [-0.2, 0) is 27.2 Å². The molecule has 1 atom stereocenters. The molecule has 1 aromatic heterocycles. The summed E-state index contributed by atoms with van der Waals surface area (Å²) in [6.45, 7) is 2.81. The maximum absolute atomic E-state index is 12.3. The highest BCUT2D eigenvalue weighted by atomic mass is 16.5. The smallest absolute Gasteiger partial charge is 0.407 e. The first-order valence-electron chi connectivity index (χ1n) is 11.6. The number of pyridine rings is 1. The maximum atomic E-state index is 12.3. The minimum absolute atomic E-state index is 0.157. The average molecular weight is 462 g/mol. The highest BCUT2D eigenvalue weighted by Gasteiger charge is 2.37. The van der Waals surface area contributed by atoms with Gasteiger partial charge >= 0.3 is 12.1 Å². The molecule has 0 aromatic carbocycles. The number of likely N-dealkylation sites (tertiary alicyclic amines) is 1. The third-order valence-corrected chi connectivity index (χ3v) is 6.30. The number of fused-ring (bicyclic) bond motifs is 1. The quantitative estimate of drug-likeness (QED) is 0.333. The molecule has 0 bridgehead atoms. The van der Waals surface area contributed by atoms with E-state index in [1.54, 1.807) is 0 Å². The Morgan fingerprint density at radius 2 is 2.09 bits per heavy atom. The Bertz CT molecular complexity index is 843. The van der Waals surface area contributed by atoms with Crippen molar-refractivity contribution < 1.29 is 24.2 Å². The SMILES string of the molecule is COC(=O)[C@H](CCN(C)CCCCc1ccc2c(n1)NCCC2)NC(=O)C1CN(C(=O)O)C1. The Kier molecular flexibility index (Phi) is 8.87. The number of amides is 2. The first-order chi connectivity index (χ1) is 15.9. The van der Waals surface area contributed by atoms with Gasteiger partial charge in [-0.25, -0.2) is 14.6 Å². The zero-order valence-corrected chi connectivity index (χ0v) is 19.5. The molecule has 0 spiro atoms. The summed E-state index contributed by atoms with van der Waals surface area (Å²) >= 11 is 0. The molecule has 0 aliphatic carbocycles. The van der Waals surface area contributed by atoms with Crippen molar-refractivity contribution in [3.8, 4) is 0 Å². The van der Waals surface area contributed by atoms with Gasteiger partial charge in [-0.1, -0.05) is 6.07 Å². The predicted molar refractivity (Wildman–Crippen MR) is 123 cm³/mol. The predicted octanol–water partition coefficient (Wildman–Crippen LogP) is 1.35. The molecule has 33 heavy (non-hydrogen) atoms. The second-order valence-corrected chi connectivity index (χ2v) is 8.86. The lowest BCUT2D eigenvalue weighted by Gasteiger charge is -2.36. The number of anilines is 1. The Morgan fingerprint density at radius 3 is 2.82 bits per heavy atom. The van der Waals surface area contributed by atoms with Gasteiger partial charge in [-0.05, 0) is 63.7 Å². The van der Waals surface area contributed by atoms with E-state index in [9.17, 15) is 14.4 Å². The van der Waals surface area contributed by atoms with Crippen molar-refractivity contribution >= 4 is 23.8 Å². The second-order valence-electron chi connectivity index (χ2n) is 8.86. The number of methoxy groups -OCH3 is 1. The van der Waals surface area contributed by atoms with E-state index in [1.165, 1.54) is 17.6 Å². The minimum Gasteiger partial charge on any atom is -0.467 e. The minimum atomic E-state index is -1.04. The normalized spacial score (nSPS) is 16.4. The summed E-state index contributed by atoms with van der Waals surface area (Å²) in [5.41, 5.74) is 2.41. The molecule has 10 heteroatoms. The lowest BCUT2D eigenvalue weighted by molar-refractivity contribution is -0.146. The summed E-state index contributed by atoms with van der Waals surface area (Å²) < 4.78 is 4.83. The van der Waals surface area contributed by atoms with E-state index >= 15 is 0 Å². The number of nitrogens with one attached hydrogen (secondary N) is 2. The first kappa shape index (κ1) is 24.8. The van der Waals surface area contributed by atoms with Crippen LogP contribution in [0.25, 0.3) is 0 Å². The monoisotopic (exact) mass is 461 g/mol. The molecule has 182 valence electrons. The van der Waals surface area contributed by atoms with Crippen molar-refractivity contribution in [2.24, 2.45) is 5.92 Å². The number of nitrogens with zero attached hydrogens (tertiary/aromatic N) is 3.